The highest BCUT2D eigenvalue weighted by Crippen LogP contribution is 2.06. The van der Waals surface area contributed by atoms with Crippen LogP contribution >= 0.6 is 0 Å². The Morgan fingerprint density at radius 3 is 1.61 bits per heavy atom. The van der Waals surface area contributed by atoms with Gasteiger partial charge in [-0.2, -0.15) is 0 Å². The standard InChI is InChI=1S/C17H30O6/c1-5-7-9-15(18)21-11-14(23-17(20)13(3)4)12-22-16(19)10-8-6-2/h13-14H,5-12H2,1-4H3. The molecule has 0 aromatic rings. The van der Waals surface area contributed by atoms with Gasteiger partial charge in [0.1, 0.15) is 13.2 Å². The second kappa shape index (κ2) is 12.9. The van der Waals surface area contributed by atoms with Crippen LogP contribution in [0.3, 0.4) is 0 Å². The molecule has 0 aliphatic heterocycles. The lowest BCUT2D eigenvalue weighted by molar-refractivity contribution is -0.169. The fourth-order valence-corrected chi connectivity index (χ4v) is 1.57. The highest BCUT2D eigenvalue weighted by Gasteiger charge is 2.20. The highest BCUT2D eigenvalue weighted by molar-refractivity contribution is 5.72. The molecule has 0 bridgehead atoms. The van der Waals surface area contributed by atoms with E-state index in [1.807, 2.05) is 13.8 Å². The number of ether oxygens (including phenoxy) is 3. The summed E-state index contributed by atoms with van der Waals surface area (Å²) in [5.41, 5.74) is 0. The summed E-state index contributed by atoms with van der Waals surface area (Å²) in [6.45, 7) is 7.19. The average molecular weight is 330 g/mol. The molecule has 0 saturated heterocycles. The van der Waals surface area contributed by atoms with Crippen molar-refractivity contribution in [2.45, 2.75) is 72.3 Å². The van der Waals surface area contributed by atoms with E-state index in [0.717, 1.165) is 25.7 Å². The number of carbonyl (C=O) groups excluding carboxylic acids is 3. The lowest BCUT2D eigenvalue weighted by Crippen LogP contribution is -2.32. The van der Waals surface area contributed by atoms with Gasteiger partial charge in [0.05, 0.1) is 5.92 Å². The second-order valence-corrected chi connectivity index (χ2v) is 5.79. The van der Waals surface area contributed by atoms with E-state index < -0.39 is 12.1 Å². The van der Waals surface area contributed by atoms with Crippen LogP contribution in [-0.4, -0.2) is 37.2 Å². The Bertz CT molecular complexity index is 340. The third-order valence-corrected chi connectivity index (χ3v) is 3.08. The number of hydrogen-bond acceptors (Lipinski definition) is 6. The monoisotopic (exact) mass is 330 g/mol. The fourth-order valence-electron chi connectivity index (χ4n) is 1.57. The van der Waals surface area contributed by atoms with Crippen molar-refractivity contribution >= 4 is 17.9 Å². The van der Waals surface area contributed by atoms with Gasteiger partial charge in [0.25, 0.3) is 0 Å². The Labute approximate surface area is 138 Å². The molecule has 0 aromatic heterocycles. The molecule has 0 saturated carbocycles. The molecule has 0 aliphatic carbocycles. The van der Waals surface area contributed by atoms with Gasteiger partial charge in [0, 0.05) is 12.8 Å². The van der Waals surface area contributed by atoms with Crippen molar-refractivity contribution < 1.29 is 28.6 Å². The smallest absolute Gasteiger partial charge is 0.308 e. The van der Waals surface area contributed by atoms with Crippen LogP contribution in [-0.2, 0) is 28.6 Å². The van der Waals surface area contributed by atoms with Gasteiger partial charge in [-0.05, 0) is 12.8 Å². The van der Waals surface area contributed by atoms with Crippen LogP contribution in [0.1, 0.15) is 66.2 Å². The topological polar surface area (TPSA) is 78.9 Å². The first kappa shape index (κ1) is 21.4. The predicted octanol–water partition coefficient (Wildman–Crippen LogP) is 3.02. The molecule has 134 valence electrons. The van der Waals surface area contributed by atoms with Gasteiger partial charge in [-0.25, -0.2) is 0 Å². The quantitative estimate of drug-likeness (QED) is 0.404. The zero-order valence-corrected chi connectivity index (χ0v) is 14.8. The normalized spacial score (nSPS) is 10.7. The third kappa shape index (κ3) is 11.6. The summed E-state index contributed by atoms with van der Waals surface area (Å²) in [7, 11) is 0. The number of hydrogen-bond donors (Lipinski definition) is 0. The molecule has 0 unspecified atom stereocenters. The van der Waals surface area contributed by atoms with Crippen LogP contribution in [0, 0.1) is 5.92 Å². The molecule has 0 rings (SSSR count). The number of carbonyl (C=O) groups is 3. The first-order valence-corrected chi connectivity index (χ1v) is 8.42. The minimum atomic E-state index is -0.763. The lowest BCUT2D eigenvalue weighted by atomic mass is 10.2. The van der Waals surface area contributed by atoms with Crippen molar-refractivity contribution in [3.8, 4) is 0 Å². The van der Waals surface area contributed by atoms with Crippen LogP contribution in [0.5, 0.6) is 0 Å². The molecule has 0 aliphatic rings. The van der Waals surface area contributed by atoms with E-state index in [-0.39, 0.29) is 31.1 Å². The molecule has 0 radical (unpaired) electrons. The van der Waals surface area contributed by atoms with Gasteiger partial charge in [-0.3, -0.25) is 14.4 Å². The Morgan fingerprint density at radius 2 is 1.26 bits per heavy atom. The van der Waals surface area contributed by atoms with E-state index in [1.54, 1.807) is 13.8 Å². The minimum Gasteiger partial charge on any atom is -0.462 e. The van der Waals surface area contributed by atoms with Crippen molar-refractivity contribution in [3.63, 3.8) is 0 Å². The van der Waals surface area contributed by atoms with Crippen molar-refractivity contribution in [1.82, 2.24) is 0 Å². The van der Waals surface area contributed by atoms with Crippen molar-refractivity contribution in [3.05, 3.63) is 0 Å². The van der Waals surface area contributed by atoms with Crippen LogP contribution in [0.2, 0.25) is 0 Å². The molecule has 23 heavy (non-hydrogen) atoms. The summed E-state index contributed by atoms with van der Waals surface area (Å²) >= 11 is 0. The van der Waals surface area contributed by atoms with Gasteiger partial charge in [-0.15, -0.1) is 0 Å². The van der Waals surface area contributed by atoms with E-state index >= 15 is 0 Å². The summed E-state index contributed by atoms with van der Waals surface area (Å²) < 4.78 is 15.4. The Hall–Kier alpha value is -1.59. The fraction of sp³-hybridized carbons (Fsp3) is 0.824. The lowest BCUT2D eigenvalue weighted by Gasteiger charge is -2.19. The van der Waals surface area contributed by atoms with E-state index in [0.29, 0.717) is 12.8 Å². The minimum absolute atomic E-state index is 0.0952. The molecular weight excluding hydrogens is 300 g/mol. The molecule has 0 aromatic carbocycles. The molecule has 6 heteroatoms. The molecule has 0 spiro atoms. The zero-order chi connectivity index (χ0) is 17.7. The zero-order valence-electron chi connectivity index (χ0n) is 14.8. The van der Waals surface area contributed by atoms with E-state index in [2.05, 4.69) is 0 Å². The molecule has 0 amide bonds. The maximum absolute atomic E-state index is 11.7. The first-order chi connectivity index (χ1) is 10.9. The van der Waals surface area contributed by atoms with Gasteiger partial charge >= 0.3 is 17.9 Å². The summed E-state index contributed by atoms with van der Waals surface area (Å²) in [5.74, 6) is -1.39. The summed E-state index contributed by atoms with van der Waals surface area (Å²) in [6.07, 6.45) is 3.20. The second-order valence-electron chi connectivity index (χ2n) is 5.79. The average Bonchev–Trinajstić information content (AvgIpc) is 2.52. The van der Waals surface area contributed by atoms with Gasteiger partial charge < -0.3 is 14.2 Å². The Balaban J connectivity index is 4.35. The van der Waals surface area contributed by atoms with Crippen LogP contribution in [0.25, 0.3) is 0 Å². The highest BCUT2D eigenvalue weighted by atomic mass is 16.6. The predicted molar refractivity (Wildman–Crippen MR) is 85.7 cm³/mol. The van der Waals surface area contributed by atoms with Gasteiger partial charge in [0.15, 0.2) is 6.10 Å². The third-order valence-electron chi connectivity index (χ3n) is 3.08. The summed E-state index contributed by atoms with van der Waals surface area (Å²) in [6, 6.07) is 0. The van der Waals surface area contributed by atoms with Crippen molar-refractivity contribution in [1.29, 1.82) is 0 Å². The molecule has 0 atom stereocenters. The van der Waals surface area contributed by atoms with Crippen LogP contribution in [0.15, 0.2) is 0 Å². The van der Waals surface area contributed by atoms with Crippen LogP contribution < -0.4 is 0 Å². The maximum atomic E-state index is 11.7. The largest absolute Gasteiger partial charge is 0.462 e. The summed E-state index contributed by atoms with van der Waals surface area (Å²) in [4.78, 5) is 34.8. The van der Waals surface area contributed by atoms with Gasteiger partial charge in [0.2, 0.25) is 0 Å². The first-order valence-electron chi connectivity index (χ1n) is 8.42. The summed E-state index contributed by atoms with van der Waals surface area (Å²) in [5, 5.41) is 0. The molecule has 0 N–H and O–H groups in total. The molecule has 0 heterocycles. The Kier molecular flexibility index (Phi) is 12.0. The van der Waals surface area contributed by atoms with Crippen LogP contribution in [0.4, 0.5) is 0 Å². The molecule has 6 nitrogen and oxygen atoms in total. The van der Waals surface area contributed by atoms with E-state index in [4.69, 9.17) is 14.2 Å². The van der Waals surface area contributed by atoms with E-state index in [1.165, 1.54) is 0 Å². The Morgan fingerprint density at radius 1 is 0.826 bits per heavy atom. The molecular formula is C17H30O6. The van der Waals surface area contributed by atoms with Gasteiger partial charge in [-0.1, -0.05) is 40.5 Å². The number of unbranched alkanes of at least 4 members (excludes halogenated alkanes) is 2. The van der Waals surface area contributed by atoms with E-state index in [9.17, 15) is 14.4 Å². The molecule has 0 fully saturated rings. The van der Waals surface area contributed by atoms with Crippen molar-refractivity contribution in [2.75, 3.05) is 13.2 Å². The number of rotatable bonds is 12. The number of esters is 3. The van der Waals surface area contributed by atoms with Crippen molar-refractivity contribution in [2.24, 2.45) is 5.92 Å². The SMILES string of the molecule is CCCCC(=O)OCC(COC(=O)CCCC)OC(=O)C(C)C. The maximum Gasteiger partial charge on any atom is 0.308 e.